The molecule has 1 aliphatic carbocycles. The van der Waals surface area contributed by atoms with E-state index in [1.54, 1.807) is 6.07 Å². The third-order valence-electron chi connectivity index (χ3n) is 3.63. The molecule has 3 N–H and O–H groups in total. The second-order valence-electron chi connectivity index (χ2n) is 5.13. The molecule has 0 amide bonds. The average molecular weight is 306 g/mol. The van der Waals surface area contributed by atoms with Crippen molar-refractivity contribution in [3.8, 4) is 0 Å². The summed E-state index contributed by atoms with van der Waals surface area (Å²) in [6.07, 6.45) is 3.08. The normalized spacial score (nSPS) is 14.0. The van der Waals surface area contributed by atoms with Crippen molar-refractivity contribution in [1.82, 2.24) is 0 Å². The quantitative estimate of drug-likeness (QED) is 0.856. The van der Waals surface area contributed by atoms with Gasteiger partial charge in [-0.3, -0.25) is 4.72 Å². The predicted molar refractivity (Wildman–Crippen MR) is 80.1 cm³/mol. The summed E-state index contributed by atoms with van der Waals surface area (Å²) in [5.74, 6) is -0.744. The molecular formula is C15H15FN2O2S. The molecule has 0 saturated carbocycles. The van der Waals surface area contributed by atoms with E-state index >= 15 is 0 Å². The van der Waals surface area contributed by atoms with Gasteiger partial charge in [0.15, 0.2) is 0 Å². The van der Waals surface area contributed by atoms with Gasteiger partial charge in [0.05, 0.1) is 10.6 Å². The first-order chi connectivity index (χ1) is 9.95. The molecule has 0 unspecified atom stereocenters. The van der Waals surface area contributed by atoms with Crippen LogP contribution >= 0.6 is 0 Å². The van der Waals surface area contributed by atoms with Gasteiger partial charge in [-0.1, -0.05) is 6.07 Å². The number of rotatable bonds is 3. The van der Waals surface area contributed by atoms with Gasteiger partial charge < -0.3 is 5.73 Å². The van der Waals surface area contributed by atoms with Gasteiger partial charge in [0.1, 0.15) is 5.82 Å². The number of hydrogen-bond donors (Lipinski definition) is 2. The van der Waals surface area contributed by atoms with Crippen molar-refractivity contribution in [1.29, 1.82) is 0 Å². The third-order valence-corrected chi connectivity index (χ3v) is 5.01. The first kappa shape index (κ1) is 13.9. The topological polar surface area (TPSA) is 72.2 Å². The SMILES string of the molecule is Nc1ccc(S(=O)(=O)Nc2ccc3c(c2)CCC3)cc1F. The van der Waals surface area contributed by atoms with Crippen molar-refractivity contribution in [2.75, 3.05) is 10.5 Å². The summed E-state index contributed by atoms with van der Waals surface area (Å²) in [4.78, 5) is -0.144. The molecule has 0 aliphatic heterocycles. The van der Waals surface area contributed by atoms with Gasteiger partial charge in [0.25, 0.3) is 10.0 Å². The zero-order valence-electron chi connectivity index (χ0n) is 11.3. The van der Waals surface area contributed by atoms with Gasteiger partial charge in [-0.2, -0.15) is 0 Å². The van der Waals surface area contributed by atoms with Crippen LogP contribution in [0, 0.1) is 5.82 Å². The monoisotopic (exact) mass is 306 g/mol. The van der Waals surface area contributed by atoms with Crippen LogP contribution in [-0.2, 0) is 22.9 Å². The summed E-state index contributed by atoms with van der Waals surface area (Å²) < 4.78 is 40.4. The summed E-state index contributed by atoms with van der Waals surface area (Å²) in [6.45, 7) is 0. The first-order valence-electron chi connectivity index (χ1n) is 6.65. The molecular weight excluding hydrogens is 291 g/mol. The summed E-state index contributed by atoms with van der Waals surface area (Å²) in [6, 6.07) is 8.96. The standard InChI is InChI=1S/C15H15FN2O2S/c16-14-9-13(6-7-15(14)17)21(19,20)18-12-5-4-10-2-1-3-11(10)8-12/h4-9,18H,1-3,17H2. The van der Waals surface area contributed by atoms with Crippen molar-refractivity contribution < 1.29 is 12.8 Å². The summed E-state index contributed by atoms with van der Waals surface area (Å²) in [5, 5.41) is 0. The first-order valence-corrected chi connectivity index (χ1v) is 8.14. The van der Waals surface area contributed by atoms with Crippen LogP contribution in [-0.4, -0.2) is 8.42 Å². The lowest BCUT2D eigenvalue weighted by molar-refractivity contribution is 0.596. The van der Waals surface area contributed by atoms with E-state index in [4.69, 9.17) is 5.73 Å². The summed E-state index contributed by atoms with van der Waals surface area (Å²) in [7, 11) is -3.82. The van der Waals surface area contributed by atoms with Crippen LogP contribution in [0.5, 0.6) is 0 Å². The maximum atomic E-state index is 13.4. The minimum atomic E-state index is -3.82. The fourth-order valence-electron chi connectivity index (χ4n) is 2.52. The second kappa shape index (κ2) is 5.04. The molecule has 2 aromatic carbocycles. The van der Waals surface area contributed by atoms with E-state index in [2.05, 4.69) is 4.72 Å². The van der Waals surface area contributed by atoms with Crippen molar-refractivity contribution in [2.24, 2.45) is 0 Å². The number of fused-ring (bicyclic) bond motifs is 1. The molecule has 0 fully saturated rings. The zero-order valence-corrected chi connectivity index (χ0v) is 12.1. The molecule has 0 bridgehead atoms. The van der Waals surface area contributed by atoms with E-state index in [1.165, 1.54) is 23.3 Å². The summed E-state index contributed by atoms with van der Waals surface area (Å²) in [5.41, 5.74) is 8.20. The van der Waals surface area contributed by atoms with E-state index in [1.807, 2.05) is 12.1 Å². The fraction of sp³-hybridized carbons (Fsp3) is 0.200. The Morgan fingerprint density at radius 2 is 1.81 bits per heavy atom. The largest absolute Gasteiger partial charge is 0.396 e. The molecule has 0 heterocycles. The van der Waals surface area contributed by atoms with Crippen LogP contribution < -0.4 is 10.5 Å². The highest BCUT2D eigenvalue weighted by Crippen LogP contribution is 2.26. The van der Waals surface area contributed by atoms with E-state index in [9.17, 15) is 12.8 Å². The van der Waals surface area contributed by atoms with Gasteiger partial charge in [-0.15, -0.1) is 0 Å². The smallest absolute Gasteiger partial charge is 0.261 e. The second-order valence-corrected chi connectivity index (χ2v) is 6.81. The predicted octanol–water partition coefficient (Wildman–Crippen LogP) is 2.70. The molecule has 0 radical (unpaired) electrons. The lowest BCUT2D eigenvalue weighted by atomic mass is 10.1. The van der Waals surface area contributed by atoms with Crippen LogP contribution in [0.3, 0.4) is 0 Å². The van der Waals surface area contributed by atoms with Gasteiger partial charge in [-0.05, 0) is 60.7 Å². The Morgan fingerprint density at radius 1 is 1.05 bits per heavy atom. The summed E-state index contributed by atoms with van der Waals surface area (Å²) >= 11 is 0. The van der Waals surface area contributed by atoms with Crippen molar-refractivity contribution in [3.63, 3.8) is 0 Å². The van der Waals surface area contributed by atoms with Crippen LogP contribution in [0.25, 0.3) is 0 Å². The number of benzene rings is 2. The highest BCUT2D eigenvalue weighted by Gasteiger charge is 2.17. The van der Waals surface area contributed by atoms with E-state index < -0.39 is 15.8 Å². The molecule has 3 rings (SSSR count). The van der Waals surface area contributed by atoms with Gasteiger partial charge in [-0.25, -0.2) is 12.8 Å². The number of nitrogens with one attached hydrogen (secondary N) is 1. The van der Waals surface area contributed by atoms with Crippen LogP contribution in [0.1, 0.15) is 17.5 Å². The van der Waals surface area contributed by atoms with E-state index in [0.29, 0.717) is 5.69 Å². The molecule has 1 aliphatic rings. The highest BCUT2D eigenvalue weighted by atomic mass is 32.2. The van der Waals surface area contributed by atoms with Crippen LogP contribution in [0.15, 0.2) is 41.3 Å². The van der Waals surface area contributed by atoms with Gasteiger partial charge in [0.2, 0.25) is 0 Å². The molecule has 6 heteroatoms. The molecule has 21 heavy (non-hydrogen) atoms. The number of aryl methyl sites for hydroxylation is 2. The number of nitrogens with two attached hydrogens (primary N) is 1. The Bertz CT molecular complexity index is 803. The molecule has 110 valence electrons. The van der Waals surface area contributed by atoms with Crippen LogP contribution in [0.2, 0.25) is 0 Å². The Morgan fingerprint density at radius 3 is 2.57 bits per heavy atom. The zero-order chi connectivity index (χ0) is 15.0. The van der Waals surface area contributed by atoms with E-state index in [-0.39, 0.29) is 10.6 Å². The third kappa shape index (κ3) is 2.71. The van der Waals surface area contributed by atoms with Crippen molar-refractivity contribution >= 4 is 21.4 Å². The molecule has 0 spiro atoms. The molecule has 0 atom stereocenters. The number of halogens is 1. The Kier molecular flexibility index (Phi) is 3.33. The highest BCUT2D eigenvalue weighted by molar-refractivity contribution is 7.92. The minimum Gasteiger partial charge on any atom is -0.396 e. The average Bonchev–Trinajstić information content (AvgIpc) is 2.88. The van der Waals surface area contributed by atoms with E-state index in [0.717, 1.165) is 25.3 Å². The molecule has 0 aromatic heterocycles. The lowest BCUT2D eigenvalue weighted by Gasteiger charge is -2.10. The molecule has 4 nitrogen and oxygen atoms in total. The molecule has 0 saturated heterocycles. The number of nitrogen functional groups attached to an aromatic ring is 1. The maximum absolute atomic E-state index is 13.4. The van der Waals surface area contributed by atoms with Gasteiger partial charge >= 0.3 is 0 Å². The van der Waals surface area contributed by atoms with Gasteiger partial charge in [0, 0.05) is 5.69 Å². The Hall–Kier alpha value is -2.08. The van der Waals surface area contributed by atoms with Crippen molar-refractivity contribution in [3.05, 3.63) is 53.3 Å². The lowest BCUT2D eigenvalue weighted by Crippen LogP contribution is -2.13. The minimum absolute atomic E-state index is 0.0773. The Balaban J connectivity index is 1.90. The Labute approximate surface area is 122 Å². The number of sulfonamides is 1. The van der Waals surface area contributed by atoms with Crippen LogP contribution in [0.4, 0.5) is 15.8 Å². The molecule has 2 aromatic rings. The number of anilines is 2. The van der Waals surface area contributed by atoms with Crippen molar-refractivity contribution in [2.45, 2.75) is 24.2 Å². The number of hydrogen-bond acceptors (Lipinski definition) is 3. The fourth-order valence-corrected chi connectivity index (χ4v) is 3.59. The maximum Gasteiger partial charge on any atom is 0.261 e.